The largest absolute Gasteiger partial charge is 0.329 e. The van der Waals surface area contributed by atoms with E-state index in [0.29, 0.717) is 12.1 Å². The molecule has 0 saturated carbocycles. The van der Waals surface area contributed by atoms with E-state index in [4.69, 9.17) is 0 Å². The average molecular weight is 216 g/mol. The lowest BCUT2D eigenvalue weighted by molar-refractivity contribution is -0.115. The van der Waals surface area contributed by atoms with Crippen molar-refractivity contribution in [2.75, 3.05) is 11.4 Å². The second-order valence-electron chi connectivity index (χ2n) is 3.51. The van der Waals surface area contributed by atoms with Crippen molar-refractivity contribution in [3.8, 4) is 0 Å². The molecule has 3 amide bonds. The Labute approximate surface area is 93.6 Å². The van der Waals surface area contributed by atoms with Crippen molar-refractivity contribution in [2.24, 2.45) is 0 Å². The SMILES string of the molecule is C=CCc1ccccc1N1C(=O)CNC1=O. The molecule has 0 aliphatic carbocycles. The van der Waals surface area contributed by atoms with E-state index in [1.54, 1.807) is 18.2 Å². The van der Waals surface area contributed by atoms with Crippen molar-refractivity contribution in [1.82, 2.24) is 5.32 Å². The second kappa shape index (κ2) is 4.18. The lowest BCUT2D eigenvalue weighted by Crippen LogP contribution is -2.31. The second-order valence-corrected chi connectivity index (χ2v) is 3.51. The first kappa shape index (κ1) is 10.4. The fraction of sp³-hybridized carbons (Fsp3) is 0.167. The van der Waals surface area contributed by atoms with Gasteiger partial charge in [-0.15, -0.1) is 6.58 Å². The molecule has 0 radical (unpaired) electrons. The van der Waals surface area contributed by atoms with Crippen LogP contribution in [0, 0.1) is 0 Å². The number of nitrogens with zero attached hydrogens (tertiary/aromatic N) is 1. The molecule has 1 aromatic carbocycles. The van der Waals surface area contributed by atoms with Crippen molar-refractivity contribution in [2.45, 2.75) is 6.42 Å². The summed E-state index contributed by atoms with van der Waals surface area (Å²) in [7, 11) is 0. The van der Waals surface area contributed by atoms with Crippen LogP contribution in [0.5, 0.6) is 0 Å². The molecule has 0 aromatic heterocycles. The minimum absolute atomic E-state index is 0.0707. The van der Waals surface area contributed by atoms with Crippen molar-refractivity contribution in [3.63, 3.8) is 0 Å². The highest BCUT2D eigenvalue weighted by atomic mass is 16.2. The Morgan fingerprint density at radius 1 is 1.38 bits per heavy atom. The van der Waals surface area contributed by atoms with Crippen LogP contribution in [0.4, 0.5) is 10.5 Å². The van der Waals surface area contributed by atoms with E-state index in [0.717, 1.165) is 5.56 Å². The van der Waals surface area contributed by atoms with Crippen molar-refractivity contribution < 1.29 is 9.59 Å². The molecular formula is C12H12N2O2. The number of rotatable bonds is 3. The highest BCUT2D eigenvalue weighted by Crippen LogP contribution is 2.23. The molecule has 0 unspecified atom stereocenters. The number of carbonyl (C=O) groups excluding carboxylic acids is 2. The van der Waals surface area contributed by atoms with Crippen LogP contribution in [-0.2, 0) is 11.2 Å². The van der Waals surface area contributed by atoms with Gasteiger partial charge in [-0.25, -0.2) is 9.69 Å². The van der Waals surface area contributed by atoms with E-state index < -0.39 is 0 Å². The summed E-state index contributed by atoms with van der Waals surface area (Å²) in [6.45, 7) is 3.73. The van der Waals surface area contributed by atoms with Gasteiger partial charge < -0.3 is 5.32 Å². The lowest BCUT2D eigenvalue weighted by Gasteiger charge is -2.15. The number of anilines is 1. The molecule has 1 aromatic rings. The third-order valence-corrected chi connectivity index (χ3v) is 2.44. The quantitative estimate of drug-likeness (QED) is 0.614. The molecule has 82 valence electrons. The van der Waals surface area contributed by atoms with Crippen molar-refractivity contribution in [3.05, 3.63) is 42.5 Å². The van der Waals surface area contributed by atoms with E-state index >= 15 is 0 Å². The monoisotopic (exact) mass is 216 g/mol. The van der Waals surface area contributed by atoms with E-state index in [2.05, 4.69) is 11.9 Å². The van der Waals surface area contributed by atoms with Gasteiger partial charge in [0.2, 0.25) is 0 Å². The molecule has 0 bridgehead atoms. The van der Waals surface area contributed by atoms with Crippen molar-refractivity contribution >= 4 is 17.6 Å². The molecular weight excluding hydrogens is 204 g/mol. The fourth-order valence-corrected chi connectivity index (χ4v) is 1.72. The van der Waals surface area contributed by atoms with Gasteiger partial charge in [0.15, 0.2) is 0 Å². The number of hydrogen-bond acceptors (Lipinski definition) is 2. The van der Waals surface area contributed by atoms with Gasteiger partial charge in [0.05, 0.1) is 12.2 Å². The Morgan fingerprint density at radius 3 is 2.75 bits per heavy atom. The molecule has 1 saturated heterocycles. The first-order chi connectivity index (χ1) is 7.74. The third-order valence-electron chi connectivity index (χ3n) is 2.44. The van der Waals surface area contributed by atoms with E-state index in [9.17, 15) is 9.59 Å². The number of amides is 3. The van der Waals surface area contributed by atoms with Gasteiger partial charge in [-0.05, 0) is 18.1 Å². The first-order valence-corrected chi connectivity index (χ1v) is 5.03. The highest BCUT2D eigenvalue weighted by Gasteiger charge is 2.30. The maximum atomic E-state index is 11.6. The maximum absolute atomic E-state index is 11.6. The molecule has 4 nitrogen and oxygen atoms in total. The summed E-state index contributed by atoms with van der Waals surface area (Å²) >= 11 is 0. The molecule has 1 aliphatic rings. The summed E-state index contributed by atoms with van der Waals surface area (Å²) in [6.07, 6.45) is 2.38. The van der Waals surface area contributed by atoms with Crippen molar-refractivity contribution in [1.29, 1.82) is 0 Å². The molecule has 1 fully saturated rings. The van der Waals surface area contributed by atoms with Gasteiger partial charge in [-0.3, -0.25) is 4.79 Å². The van der Waals surface area contributed by atoms with Crippen LogP contribution < -0.4 is 10.2 Å². The zero-order valence-electron chi connectivity index (χ0n) is 8.77. The molecule has 1 heterocycles. The smallest absolute Gasteiger partial charge is 0.328 e. The predicted molar refractivity (Wildman–Crippen MR) is 61.2 cm³/mol. The van der Waals surface area contributed by atoms with Crippen LogP contribution in [0.15, 0.2) is 36.9 Å². The molecule has 1 N–H and O–H groups in total. The summed E-state index contributed by atoms with van der Waals surface area (Å²) in [4.78, 5) is 24.2. The molecule has 0 atom stereocenters. The Kier molecular flexibility index (Phi) is 2.72. The molecule has 2 rings (SSSR count). The van der Waals surface area contributed by atoms with Gasteiger partial charge in [0.1, 0.15) is 0 Å². The Morgan fingerprint density at radius 2 is 2.12 bits per heavy atom. The summed E-state index contributed by atoms with van der Waals surface area (Å²) in [6, 6.07) is 6.97. The van der Waals surface area contributed by atoms with Crippen LogP contribution in [0.1, 0.15) is 5.56 Å². The number of allylic oxidation sites excluding steroid dienone is 1. The summed E-state index contributed by atoms with van der Waals surface area (Å²) < 4.78 is 0. The van der Waals surface area contributed by atoms with Gasteiger partial charge in [-0.1, -0.05) is 24.3 Å². The predicted octanol–water partition coefficient (Wildman–Crippen LogP) is 1.47. The minimum Gasteiger partial charge on any atom is -0.328 e. The number of nitrogens with one attached hydrogen (secondary N) is 1. The van der Waals surface area contributed by atoms with Crippen LogP contribution in [0.3, 0.4) is 0 Å². The number of imide groups is 1. The van der Waals surface area contributed by atoms with Crippen LogP contribution >= 0.6 is 0 Å². The summed E-state index contributed by atoms with van der Waals surface area (Å²) in [5, 5.41) is 2.50. The third kappa shape index (κ3) is 1.69. The number of carbonyl (C=O) groups is 2. The van der Waals surface area contributed by atoms with E-state index in [1.165, 1.54) is 4.90 Å². The zero-order chi connectivity index (χ0) is 11.5. The topological polar surface area (TPSA) is 49.4 Å². The average Bonchev–Trinajstić information content (AvgIpc) is 2.60. The Hall–Kier alpha value is -2.10. The van der Waals surface area contributed by atoms with Gasteiger partial charge >= 0.3 is 6.03 Å². The number of urea groups is 1. The summed E-state index contributed by atoms with van der Waals surface area (Å²) in [5.41, 5.74) is 1.56. The molecule has 0 spiro atoms. The Balaban J connectivity index is 2.42. The molecule has 4 heteroatoms. The lowest BCUT2D eigenvalue weighted by atomic mass is 10.1. The summed E-state index contributed by atoms with van der Waals surface area (Å²) in [5.74, 6) is -0.221. The number of benzene rings is 1. The normalized spacial score (nSPS) is 15.1. The Bertz CT molecular complexity index is 438. The standard InChI is InChI=1S/C12H12N2O2/c1-2-5-9-6-3-4-7-10(9)14-11(15)8-13-12(14)16/h2-4,6-7H,1,5,8H2,(H,13,16). The van der Waals surface area contributed by atoms with Crippen LogP contribution in [-0.4, -0.2) is 18.5 Å². The molecule has 1 aliphatic heterocycles. The molecule has 16 heavy (non-hydrogen) atoms. The van der Waals surface area contributed by atoms with Gasteiger partial charge in [0, 0.05) is 0 Å². The van der Waals surface area contributed by atoms with Gasteiger partial charge in [0.25, 0.3) is 5.91 Å². The van der Waals surface area contributed by atoms with Crippen LogP contribution in [0.2, 0.25) is 0 Å². The fourth-order valence-electron chi connectivity index (χ4n) is 1.72. The van der Waals surface area contributed by atoms with Crippen LogP contribution in [0.25, 0.3) is 0 Å². The minimum atomic E-state index is -0.360. The first-order valence-electron chi connectivity index (χ1n) is 5.03. The number of hydrogen-bond donors (Lipinski definition) is 1. The van der Waals surface area contributed by atoms with E-state index in [-0.39, 0.29) is 18.5 Å². The van der Waals surface area contributed by atoms with Gasteiger partial charge in [-0.2, -0.15) is 0 Å². The zero-order valence-corrected chi connectivity index (χ0v) is 8.77. The highest BCUT2D eigenvalue weighted by molar-refractivity contribution is 6.20. The van der Waals surface area contributed by atoms with E-state index in [1.807, 2.05) is 12.1 Å². The number of para-hydroxylation sites is 1. The maximum Gasteiger partial charge on any atom is 0.329 e.